The molecule has 7 heteroatoms. The molecule has 1 aromatic carbocycles. The van der Waals surface area contributed by atoms with Gasteiger partial charge in [0.05, 0.1) is 0 Å². The molecule has 0 radical (unpaired) electrons. The summed E-state index contributed by atoms with van der Waals surface area (Å²) in [6.07, 6.45) is 7.85. The fourth-order valence-electron chi connectivity index (χ4n) is 8.70. The molecular weight excluding hydrogens is 667 g/mol. The number of esters is 2. The zero-order valence-corrected chi connectivity index (χ0v) is 33.3. The molecule has 0 unspecified atom stereocenters. The molecule has 0 aromatic heterocycles. The Bertz CT molecular complexity index is 1190. The van der Waals surface area contributed by atoms with Crippen molar-refractivity contribution in [1.29, 1.82) is 0 Å². The van der Waals surface area contributed by atoms with Gasteiger partial charge in [0, 0.05) is 0 Å². The van der Waals surface area contributed by atoms with Crippen molar-refractivity contribution >= 4 is 45.2 Å². The van der Waals surface area contributed by atoms with Gasteiger partial charge in [0.1, 0.15) is 0 Å². The van der Waals surface area contributed by atoms with Crippen molar-refractivity contribution in [2.75, 3.05) is 0 Å². The van der Waals surface area contributed by atoms with E-state index in [-0.39, 0.29) is 55.6 Å². The first-order valence-corrected chi connectivity index (χ1v) is 23.8. The topological polar surface area (TPSA) is 69.7 Å². The van der Waals surface area contributed by atoms with Crippen LogP contribution >= 0.6 is 0 Å². The molecule has 5 nitrogen and oxygen atoms in total. The molecule has 4 rings (SSSR count). The number of allylic oxidation sites excluding steroid dienone is 1. The molecule has 0 spiro atoms. The summed E-state index contributed by atoms with van der Waals surface area (Å²) in [4.78, 5) is 44.4. The van der Waals surface area contributed by atoms with Crippen LogP contribution in [-0.2, 0) is 23.9 Å². The van der Waals surface area contributed by atoms with E-state index in [1.807, 2.05) is 6.07 Å². The van der Waals surface area contributed by atoms with E-state index in [9.17, 15) is 4.79 Å². The van der Waals surface area contributed by atoms with Gasteiger partial charge in [-0.2, -0.15) is 0 Å². The molecule has 0 N–H and O–H groups in total. The number of hydrogen-bond acceptors (Lipinski definition) is 5. The summed E-state index contributed by atoms with van der Waals surface area (Å²) in [5.41, 5.74) is -1.59. The van der Waals surface area contributed by atoms with Crippen molar-refractivity contribution in [1.82, 2.24) is 0 Å². The van der Waals surface area contributed by atoms with Crippen LogP contribution in [0.25, 0.3) is 0 Å². The SMILES string of the molecule is C=CCCC(=O)[C@@H]1[C@H]([C@H]([Se]c2ccccc2)[Si](C)(C)C)C1(C(=O)O[C@@H]1C[C@H](C)CC[C@H]1C(C)C)C(=O)O[C@@H]1C[C@H](C)CC[C@H]1C(C)C. The number of benzene rings is 1. The number of carbonyl (C=O) groups is 3. The third-order valence-corrected chi connectivity index (χ3v) is 20.9. The fraction of sp³-hybridized carbons (Fsp3) is 0.725. The van der Waals surface area contributed by atoms with Crippen LogP contribution < -0.4 is 4.46 Å². The average Bonchev–Trinajstić information content (AvgIpc) is 3.69. The Labute approximate surface area is 293 Å². The molecule has 3 saturated carbocycles. The van der Waals surface area contributed by atoms with Gasteiger partial charge in [0.25, 0.3) is 0 Å². The monoisotopic (exact) mass is 730 g/mol. The van der Waals surface area contributed by atoms with Crippen molar-refractivity contribution < 1.29 is 23.9 Å². The Morgan fingerprint density at radius 3 is 1.79 bits per heavy atom. The first kappa shape index (κ1) is 38.1. The van der Waals surface area contributed by atoms with Gasteiger partial charge in [-0.05, 0) is 0 Å². The molecule has 3 aliphatic rings. The Balaban J connectivity index is 1.82. The minimum absolute atomic E-state index is 0.0224. The van der Waals surface area contributed by atoms with E-state index in [0.29, 0.717) is 30.1 Å². The minimum atomic E-state index is -2.02. The van der Waals surface area contributed by atoms with E-state index in [1.54, 1.807) is 6.08 Å². The van der Waals surface area contributed by atoms with Crippen LogP contribution in [0.15, 0.2) is 43.0 Å². The summed E-state index contributed by atoms with van der Waals surface area (Å²) in [6.45, 7) is 24.1. The third-order valence-electron chi connectivity index (χ3n) is 11.5. The molecule has 1 aromatic rings. The second-order valence-electron chi connectivity index (χ2n) is 16.9. The average molecular weight is 730 g/mol. The van der Waals surface area contributed by atoms with Crippen LogP contribution in [-0.4, -0.2) is 53.0 Å². The van der Waals surface area contributed by atoms with Gasteiger partial charge >= 0.3 is 294 Å². The first-order chi connectivity index (χ1) is 22.1. The third kappa shape index (κ3) is 8.55. The summed E-state index contributed by atoms with van der Waals surface area (Å²) >= 11 is -0.0324. The van der Waals surface area contributed by atoms with Crippen molar-refractivity contribution in [3.05, 3.63) is 43.0 Å². The number of carbonyl (C=O) groups excluding carboxylic acids is 3. The van der Waals surface area contributed by atoms with Crippen molar-refractivity contribution in [3.63, 3.8) is 0 Å². The molecule has 0 aliphatic heterocycles. The van der Waals surface area contributed by atoms with Crippen molar-refractivity contribution in [3.8, 4) is 0 Å². The first-order valence-electron chi connectivity index (χ1n) is 18.4. The van der Waals surface area contributed by atoms with E-state index < -0.39 is 37.3 Å². The summed E-state index contributed by atoms with van der Waals surface area (Å²) in [7, 11) is -2.02. The maximum atomic E-state index is 15.0. The summed E-state index contributed by atoms with van der Waals surface area (Å²) in [6, 6.07) is 10.4. The molecule has 0 saturated heterocycles. The van der Waals surface area contributed by atoms with Gasteiger partial charge < -0.3 is 0 Å². The predicted octanol–water partition coefficient (Wildman–Crippen LogP) is 8.46. The Morgan fingerprint density at radius 1 is 0.872 bits per heavy atom. The van der Waals surface area contributed by atoms with Crippen LogP contribution in [0.4, 0.5) is 0 Å². The number of ether oxygens (including phenoxy) is 2. The standard InChI is InChI=1S/C40H62O5SeSi/c1-11-12-18-32(41)35-36(37(47(8,9)10)46-29-16-14-13-15-17-29)40(35,38(42)44-33-23-27(6)19-21-30(33)25(2)3)39(43)45-34-24-28(7)20-22-31(34)26(4)5/h11,13-17,25-28,30-31,33-37H,1,12,18-24H2,2-10H3/t27-,28-,30+,31+,33-,34-,35-,36-,37-/m1/s1. The number of ketones is 1. The summed E-state index contributed by atoms with van der Waals surface area (Å²) in [5.74, 6) is -0.0734. The zero-order chi connectivity index (χ0) is 34.7. The summed E-state index contributed by atoms with van der Waals surface area (Å²) < 4.78 is 14.5. The molecule has 0 bridgehead atoms. The number of Topliss-reactive ketones (excluding diaryl/α,β-unsaturated/α-hetero) is 1. The molecule has 47 heavy (non-hydrogen) atoms. The summed E-state index contributed by atoms with van der Waals surface area (Å²) in [5, 5.41) is 0. The van der Waals surface area contributed by atoms with Crippen LogP contribution in [0.1, 0.15) is 92.9 Å². The van der Waals surface area contributed by atoms with Gasteiger partial charge in [-0.3, -0.25) is 0 Å². The Kier molecular flexibility index (Phi) is 12.9. The van der Waals surface area contributed by atoms with Gasteiger partial charge in [0.2, 0.25) is 0 Å². The van der Waals surface area contributed by atoms with Crippen LogP contribution in [0, 0.1) is 52.8 Å². The van der Waals surface area contributed by atoms with Gasteiger partial charge in [0.15, 0.2) is 0 Å². The van der Waals surface area contributed by atoms with Gasteiger partial charge in [-0.25, -0.2) is 0 Å². The van der Waals surface area contributed by atoms with Crippen LogP contribution in [0.5, 0.6) is 0 Å². The van der Waals surface area contributed by atoms with Crippen molar-refractivity contribution in [2.45, 2.75) is 129 Å². The van der Waals surface area contributed by atoms with Crippen LogP contribution in [0.2, 0.25) is 24.1 Å². The molecule has 9 atom stereocenters. The molecule has 0 amide bonds. The maximum absolute atomic E-state index is 15.0. The normalized spacial score (nSPS) is 31.2. The molecule has 3 aliphatic carbocycles. The second-order valence-corrected chi connectivity index (χ2v) is 25.8. The van der Waals surface area contributed by atoms with E-state index >= 15 is 9.59 Å². The molecule has 262 valence electrons. The van der Waals surface area contributed by atoms with Crippen LogP contribution in [0.3, 0.4) is 0 Å². The van der Waals surface area contributed by atoms with E-state index in [2.05, 4.69) is 92.0 Å². The quantitative estimate of drug-likeness (QED) is 0.0833. The number of hydrogen-bond donors (Lipinski definition) is 0. The van der Waals surface area contributed by atoms with E-state index in [4.69, 9.17) is 9.47 Å². The van der Waals surface area contributed by atoms with E-state index in [0.717, 1.165) is 38.5 Å². The number of rotatable bonds is 14. The predicted molar refractivity (Wildman–Crippen MR) is 195 cm³/mol. The Hall–Kier alpha value is -1.69. The van der Waals surface area contributed by atoms with Gasteiger partial charge in [-0.15, -0.1) is 0 Å². The zero-order valence-electron chi connectivity index (χ0n) is 30.6. The molecule has 3 fully saturated rings. The Morgan fingerprint density at radius 2 is 1.36 bits per heavy atom. The molecular formula is C40H62O5SeSi. The second kappa shape index (κ2) is 15.9. The van der Waals surface area contributed by atoms with Gasteiger partial charge in [-0.1, -0.05) is 0 Å². The molecule has 0 heterocycles. The fourth-order valence-corrected chi connectivity index (χ4v) is 15.9. The van der Waals surface area contributed by atoms with Crippen molar-refractivity contribution in [2.24, 2.45) is 52.8 Å². The van der Waals surface area contributed by atoms with E-state index in [1.165, 1.54) is 4.46 Å².